The van der Waals surface area contributed by atoms with Crippen LogP contribution in [0.1, 0.15) is 34.6 Å². The lowest BCUT2D eigenvalue weighted by molar-refractivity contribution is 0.0723. The summed E-state index contributed by atoms with van der Waals surface area (Å²) in [5.41, 5.74) is -0.125. The summed E-state index contributed by atoms with van der Waals surface area (Å²) in [6, 6.07) is 5.55. The first kappa shape index (κ1) is 14.4. The zero-order chi connectivity index (χ0) is 12.9. The third-order valence-electron chi connectivity index (χ3n) is 3.53. The molecule has 0 saturated carbocycles. The van der Waals surface area contributed by atoms with Gasteiger partial charge >= 0.3 is 0 Å². The Balaban J connectivity index is 2.70. The SMILES string of the molecule is CC[Si](CC)(CC)OC(C)(C)Cn1cccn1. The second-order valence-corrected chi connectivity index (χ2v) is 10.0. The van der Waals surface area contributed by atoms with Crippen LogP contribution in [-0.4, -0.2) is 23.7 Å². The molecule has 0 aliphatic rings. The van der Waals surface area contributed by atoms with Crippen LogP contribution in [0.15, 0.2) is 18.5 Å². The molecule has 1 rings (SSSR count). The molecule has 1 aromatic rings. The highest BCUT2D eigenvalue weighted by molar-refractivity contribution is 6.73. The summed E-state index contributed by atoms with van der Waals surface area (Å²) in [6.07, 6.45) is 3.82. The first-order valence-electron chi connectivity index (χ1n) is 6.64. The Morgan fingerprint density at radius 3 is 2.18 bits per heavy atom. The van der Waals surface area contributed by atoms with Crippen molar-refractivity contribution in [3.05, 3.63) is 18.5 Å². The summed E-state index contributed by atoms with van der Waals surface area (Å²) >= 11 is 0. The second kappa shape index (κ2) is 5.82. The number of hydrogen-bond donors (Lipinski definition) is 0. The van der Waals surface area contributed by atoms with Gasteiger partial charge in [-0.2, -0.15) is 5.10 Å². The molecule has 0 unspecified atom stereocenters. The topological polar surface area (TPSA) is 27.1 Å². The van der Waals surface area contributed by atoms with Crippen LogP contribution in [0.4, 0.5) is 0 Å². The lowest BCUT2D eigenvalue weighted by Crippen LogP contribution is -2.46. The number of aromatic nitrogens is 2. The largest absolute Gasteiger partial charge is 0.410 e. The van der Waals surface area contributed by atoms with E-state index in [0.29, 0.717) is 0 Å². The Morgan fingerprint density at radius 1 is 1.18 bits per heavy atom. The molecule has 0 aromatic carbocycles. The summed E-state index contributed by atoms with van der Waals surface area (Å²) in [7, 11) is -1.53. The number of nitrogens with zero attached hydrogens (tertiary/aromatic N) is 2. The zero-order valence-corrected chi connectivity index (χ0v) is 12.9. The minimum absolute atomic E-state index is 0.125. The van der Waals surface area contributed by atoms with Gasteiger partial charge in [-0.3, -0.25) is 4.68 Å². The Kier molecular flexibility index (Phi) is 4.95. The Labute approximate surface area is 106 Å². The summed E-state index contributed by atoms with van der Waals surface area (Å²) in [6.45, 7) is 12.0. The minimum atomic E-state index is -1.53. The normalized spacial score (nSPS) is 13.0. The van der Waals surface area contributed by atoms with Crippen LogP contribution in [0, 0.1) is 0 Å². The molecule has 0 saturated heterocycles. The summed E-state index contributed by atoms with van der Waals surface area (Å²) in [4.78, 5) is 0. The van der Waals surface area contributed by atoms with Crippen molar-refractivity contribution >= 4 is 8.32 Å². The van der Waals surface area contributed by atoms with Crippen molar-refractivity contribution in [1.82, 2.24) is 9.78 Å². The van der Waals surface area contributed by atoms with Gasteiger partial charge in [0.2, 0.25) is 0 Å². The molecule has 0 bridgehead atoms. The molecule has 0 atom stereocenters. The quantitative estimate of drug-likeness (QED) is 0.694. The standard InChI is InChI=1S/C13H26N2OSi/c1-6-17(7-2,8-3)16-13(4,5)12-15-11-9-10-14-15/h9-11H,6-8,12H2,1-5H3. The van der Waals surface area contributed by atoms with Crippen molar-refractivity contribution in [2.45, 2.75) is 64.9 Å². The van der Waals surface area contributed by atoms with Gasteiger partial charge in [0.25, 0.3) is 0 Å². The zero-order valence-electron chi connectivity index (χ0n) is 11.9. The molecular formula is C13H26N2OSi. The highest BCUT2D eigenvalue weighted by atomic mass is 28.4. The molecule has 0 aliphatic heterocycles. The lowest BCUT2D eigenvalue weighted by Gasteiger charge is -2.38. The summed E-state index contributed by atoms with van der Waals surface area (Å²) in [5, 5.41) is 4.26. The molecule has 1 heterocycles. The van der Waals surface area contributed by atoms with Crippen LogP contribution in [0.5, 0.6) is 0 Å². The molecule has 3 nitrogen and oxygen atoms in total. The van der Waals surface area contributed by atoms with Gasteiger partial charge < -0.3 is 4.43 Å². The fraction of sp³-hybridized carbons (Fsp3) is 0.769. The molecule has 0 N–H and O–H groups in total. The van der Waals surface area contributed by atoms with E-state index in [2.05, 4.69) is 39.7 Å². The van der Waals surface area contributed by atoms with E-state index in [4.69, 9.17) is 4.43 Å². The predicted molar refractivity (Wildman–Crippen MR) is 74.6 cm³/mol. The van der Waals surface area contributed by atoms with Gasteiger partial charge in [-0.25, -0.2) is 0 Å². The van der Waals surface area contributed by atoms with E-state index >= 15 is 0 Å². The van der Waals surface area contributed by atoms with Gasteiger partial charge in [0.15, 0.2) is 8.32 Å². The van der Waals surface area contributed by atoms with E-state index < -0.39 is 8.32 Å². The van der Waals surface area contributed by atoms with Crippen LogP contribution in [0.3, 0.4) is 0 Å². The van der Waals surface area contributed by atoms with Crippen molar-refractivity contribution in [3.8, 4) is 0 Å². The van der Waals surface area contributed by atoms with Gasteiger partial charge in [-0.1, -0.05) is 20.8 Å². The first-order chi connectivity index (χ1) is 7.97. The fourth-order valence-electron chi connectivity index (χ4n) is 2.37. The summed E-state index contributed by atoms with van der Waals surface area (Å²) in [5.74, 6) is 0. The molecule has 0 amide bonds. The molecule has 98 valence electrons. The van der Waals surface area contributed by atoms with E-state index in [1.54, 1.807) is 0 Å². The maximum absolute atomic E-state index is 6.52. The smallest absolute Gasteiger partial charge is 0.192 e. The highest BCUT2D eigenvalue weighted by Crippen LogP contribution is 2.28. The van der Waals surface area contributed by atoms with Crippen LogP contribution < -0.4 is 0 Å². The van der Waals surface area contributed by atoms with Crippen LogP contribution in [0.25, 0.3) is 0 Å². The fourth-order valence-corrected chi connectivity index (χ4v) is 5.54. The number of rotatable bonds is 7. The molecule has 0 aliphatic carbocycles. The minimum Gasteiger partial charge on any atom is -0.410 e. The van der Waals surface area contributed by atoms with Crippen molar-refractivity contribution in [2.75, 3.05) is 0 Å². The van der Waals surface area contributed by atoms with Gasteiger partial charge in [0.1, 0.15) is 0 Å². The predicted octanol–water partition coefficient (Wildman–Crippen LogP) is 3.68. The molecule has 4 heteroatoms. The van der Waals surface area contributed by atoms with Gasteiger partial charge in [0.05, 0.1) is 12.1 Å². The van der Waals surface area contributed by atoms with Gasteiger partial charge in [0, 0.05) is 12.4 Å². The Hall–Kier alpha value is -0.613. The van der Waals surface area contributed by atoms with Crippen LogP contribution in [-0.2, 0) is 11.0 Å². The molecule has 0 fully saturated rings. The molecule has 0 radical (unpaired) electrons. The molecule has 17 heavy (non-hydrogen) atoms. The molecule has 0 spiro atoms. The maximum Gasteiger partial charge on any atom is 0.192 e. The molecular weight excluding hydrogens is 228 g/mol. The third kappa shape index (κ3) is 3.96. The van der Waals surface area contributed by atoms with Gasteiger partial charge in [-0.05, 0) is 38.0 Å². The summed E-state index contributed by atoms with van der Waals surface area (Å²) < 4.78 is 8.48. The van der Waals surface area contributed by atoms with Crippen molar-refractivity contribution in [2.24, 2.45) is 0 Å². The number of hydrogen-bond acceptors (Lipinski definition) is 2. The highest BCUT2D eigenvalue weighted by Gasteiger charge is 2.35. The Bertz CT molecular complexity index is 310. The van der Waals surface area contributed by atoms with Crippen molar-refractivity contribution < 1.29 is 4.43 Å². The lowest BCUT2D eigenvalue weighted by atomic mass is 10.1. The van der Waals surface area contributed by atoms with Crippen LogP contribution in [0.2, 0.25) is 18.1 Å². The second-order valence-electron chi connectivity index (χ2n) is 5.31. The van der Waals surface area contributed by atoms with Gasteiger partial charge in [-0.15, -0.1) is 0 Å². The average Bonchev–Trinajstić information content (AvgIpc) is 2.78. The third-order valence-corrected chi connectivity index (χ3v) is 8.38. The van der Waals surface area contributed by atoms with E-state index in [-0.39, 0.29) is 5.60 Å². The van der Waals surface area contributed by atoms with Crippen molar-refractivity contribution in [3.63, 3.8) is 0 Å². The molecule has 1 aromatic heterocycles. The monoisotopic (exact) mass is 254 g/mol. The van der Waals surface area contributed by atoms with E-state index in [1.165, 1.54) is 18.1 Å². The van der Waals surface area contributed by atoms with Crippen molar-refractivity contribution in [1.29, 1.82) is 0 Å². The average molecular weight is 254 g/mol. The van der Waals surface area contributed by atoms with E-state index in [0.717, 1.165) is 6.54 Å². The maximum atomic E-state index is 6.52. The Morgan fingerprint density at radius 2 is 1.76 bits per heavy atom. The van der Waals surface area contributed by atoms with E-state index in [9.17, 15) is 0 Å². The first-order valence-corrected chi connectivity index (χ1v) is 9.17. The van der Waals surface area contributed by atoms with Crippen LogP contribution >= 0.6 is 0 Å². The van der Waals surface area contributed by atoms with E-state index in [1.807, 2.05) is 23.1 Å².